The standard InChI is InChI=1S/C22H20BrN3O/c1-27-20-13-7-16(8-14-20)21-24-15-22(26-21,17-5-3-2-4-6-17)25-19-11-9-18(23)10-12-19/h2-15,21,25-26H,1H3. The molecule has 136 valence electrons. The van der Waals surface area contributed by atoms with Gasteiger partial charge in [-0.1, -0.05) is 58.4 Å². The van der Waals surface area contributed by atoms with Crippen molar-refractivity contribution in [1.29, 1.82) is 0 Å². The number of nitrogens with one attached hydrogen (secondary N) is 2. The van der Waals surface area contributed by atoms with Crippen LogP contribution >= 0.6 is 15.9 Å². The summed E-state index contributed by atoms with van der Waals surface area (Å²) in [6.07, 6.45) is 1.82. The maximum Gasteiger partial charge on any atom is 0.153 e. The Morgan fingerprint density at radius 2 is 1.67 bits per heavy atom. The van der Waals surface area contributed by atoms with Crippen molar-refractivity contribution in [2.24, 2.45) is 4.99 Å². The number of nitrogens with zero attached hydrogens (tertiary/aromatic N) is 1. The second kappa shape index (κ2) is 7.55. The number of halogens is 1. The monoisotopic (exact) mass is 421 g/mol. The summed E-state index contributed by atoms with van der Waals surface area (Å²) in [6, 6.07) is 26.4. The summed E-state index contributed by atoms with van der Waals surface area (Å²) in [4.78, 5) is 4.76. The summed E-state index contributed by atoms with van der Waals surface area (Å²) < 4.78 is 6.30. The minimum atomic E-state index is -0.584. The Bertz CT molecular complexity index is 926. The molecule has 3 aromatic rings. The molecule has 1 heterocycles. The van der Waals surface area contributed by atoms with E-state index in [1.54, 1.807) is 7.11 Å². The minimum Gasteiger partial charge on any atom is -0.497 e. The Balaban J connectivity index is 1.65. The minimum absolute atomic E-state index is 0.140. The van der Waals surface area contributed by atoms with Crippen LogP contribution in [0.25, 0.3) is 0 Å². The van der Waals surface area contributed by atoms with E-state index in [0.717, 1.165) is 27.0 Å². The third kappa shape index (κ3) is 3.75. The van der Waals surface area contributed by atoms with E-state index in [4.69, 9.17) is 9.73 Å². The quantitative estimate of drug-likeness (QED) is 0.602. The van der Waals surface area contributed by atoms with E-state index >= 15 is 0 Å². The first-order chi connectivity index (χ1) is 13.2. The van der Waals surface area contributed by atoms with Gasteiger partial charge >= 0.3 is 0 Å². The van der Waals surface area contributed by atoms with Gasteiger partial charge in [0.1, 0.15) is 11.9 Å². The molecular weight excluding hydrogens is 402 g/mol. The van der Waals surface area contributed by atoms with E-state index in [2.05, 4.69) is 38.7 Å². The van der Waals surface area contributed by atoms with E-state index < -0.39 is 5.66 Å². The van der Waals surface area contributed by atoms with Crippen molar-refractivity contribution in [1.82, 2.24) is 5.32 Å². The molecule has 0 radical (unpaired) electrons. The number of anilines is 1. The number of aliphatic imine (C=N–C) groups is 1. The van der Waals surface area contributed by atoms with Crippen molar-refractivity contribution >= 4 is 27.8 Å². The van der Waals surface area contributed by atoms with Crippen LogP contribution in [0.4, 0.5) is 5.69 Å². The highest BCUT2D eigenvalue weighted by Gasteiger charge is 2.37. The van der Waals surface area contributed by atoms with Gasteiger partial charge in [-0.05, 0) is 47.5 Å². The molecule has 0 aliphatic carbocycles. The molecule has 0 fully saturated rings. The molecule has 3 aromatic carbocycles. The number of hydrogen-bond acceptors (Lipinski definition) is 4. The van der Waals surface area contributed by atoms with Gasteiger partial charge in [-0.15, -0.1) is 0 Å². The van der Waals surface area contributed by atoms with E-state index in [0.29, 0.717) is 0 Å². The summed E-state index contributed by atoms with van der Waals surface area (Å²) >= 11 is 3.49. The van der Waals surface area contributed by atoms with Gasteiger partial charge < -0.3 is 10.1 Å². The van der Waals surface area contributed by atoms with Gasteiger partial charge in [-0.3, -0.25) is 10.3 Å². The fourth-order valence-electron chi connectivity index (χ4n) is 3.19. The van der Waals surface area contributed by atoms with Crippen LogP contribution in [0, 0.1) is 0 Å². The molecule has 4 rings (SSSR count). The summed E-state index contributed by atoms with van der Waals surface area (Å²) in [5.74, 6) is 0.836. The number of ether oxygens (including phenoxy) is 1. The lowest BCUT2D eigenvalue weighted by atomic mass is 10.00. The number of benzene rings is 3. The number of hydrogen-bond donors (Lipinski definition) is 2. The zero-order valence-electron chi connectivity index (χ0n) is 14.9. The van der Waals surface area contributed by atoms with Gasteiger partial charge in [0.2, 0.25) is 0 Å². The van der Waals surface area contributed by atoms with E-state index in [1.165, 1.54) is 0 Å². The van der Waals surface area contributed by atoms with Crippen LogP contribution in [0.3, 0.4) is 0 Å². The number of rotatable bonds is 5. The second-order valence-electron chi connectivity index (χ2n) is 6.40. The first-order valence-electron chi connectivity index (χ1n) is 8.74. The highest BCUT2D eigenvalue weighted by Crippen LogP contribution is 2.32. The Morgan fingerprint density at radius 3 is 2.33 bits per heavy atom. The second-order valence-corrected chi connectivity index (χ2v) is 7.32. The average molecular weight is 422 g/mol. The van der Waals surface area contributed by atoms with Gasteiger partial charge in [-0.25, -0.2) is 0 Å². The molecule has 2 atom stereocenters. The first kappa shape index (κ1) is 17.8. The van der Waals surface area contributed by atoms with Crippen molar-refractivity contribution in [2.45, 2.75) is 11.8 Å². The van der Waals surface area contributed by atoms with Crippen LogP contribution < -0.4 is 15.4 Å². The molecule has 0 amide bonds. The summed E-state index contributed by atoms with van der Waals surface area (Å²) in [5.41, 5.74) is 2.62. The lowest BCUT2D eigenvalue weighted by molar-refractivity contribution is 0.414. The Labute approximate surface area is 167 Å². The maximum absolute atomic E-state index is 5.26. The molecule has 27 heavy (non-hydrogen) atoms. The fraction of sp³-hybridized carbons (Fsp3) is 0.136. The Hall–Kier alpha value is -2.63. The van der Waals surface area contributed by atoms with Gasteiger partial charge in [0, 0.05) is 16.4 Å². The van der Waals surface area contributed by atoms with Crippen molar-refractivity contribution < 1.29 is 4.74 Å². The van der Waals surface area contributed by atoms with Crippen LogP contribution in [0.15, 0.2) is 88.3 Å². The Morgan fingerprint density at radius 1 is 0.963 bits per heavy atom. The molecule has 0 bridgehead atoms. The van der Waals surface area contributed by atoms with Crippen molar-refractivity contribution in [3.05, 3.63) is 94.5 Å². The number of methoxy groups -OCH3 is 1. The molecule has 2 unspecified atom stereocenters. The van der Waals surface area contributed by atoms with Gasteiger partial charge in [0.15, 0.2) is 5.66 Å². The third-order valence-electron chi connectivity index (χ3n) is 4.63. The van der Waals surface area contributed by atoms with E-state index in [9.17, 15) is 0 Å². The molecule has 5 heteroatoms. The van der Waals surface area contributed by atoms with Gasteiger partial charge in [0.05, 0.1) is 7.11 Å². The molecule has 1 aliphatic rings. The van der Waals surface area contributed by atoms with Gasteiger partial charge in [0.25, 0.3) is 0 Å². The topological polar surface area (TPSA) is 45.6 Å². The van der Waals surface area contributed by atoms with E-state index in [1.807, 2.05) is 72.9 Å². The first-order valence-corrected chi connectivity index (χ1v) is 9.53. The molecule has 0 saturated carbocycles. The van der Waals surface area contributed by atoms with Crippen molar-refractivity contribution in [3.8, 4) is 5.75 Å². The molecule has 0 aromatic heterocycles. The zero-order valence-corrected chi connectivity index (χ0v) is 16.5. The highest BCUT2D eigenvalue weighted by atomic mass is 79.9. The molecule has 2 N–H and O–H groups in total. The highest BCUT2D eigenvalue weighted by molar-refractivity contribution is 9.10. The normalized spacial score (nSPS) is 21.2. The largest absolute Gasteiger partial charge is 0.497 e. The van der Waals surface area contributed by atoms with Crippen molar-refractivity contribution in [3.63, 3.8) is 0 Å². The third-order valence-corrected chi connectivity index (χ3v) is 5.16. The van der Waals surface area contributed by atoms with Crippen molar-refractivity contribution in [2.75, 3.05) is 12.4 Å². The van der Waals surface area contributed by atoms with Crippen LogP contribution in [-0.2, 0) is 5.66 Å². The summed E-state index contributed by atoms with van der Waals surface area (Å²) in [7, 11) is 1.67. The maximum atomic E-state index is 5.26. The van der Waals surface area contributed by atoms with Gasteiger partial charge in [-0.2, -0.15) is 0 Å². The summed E-state index contributed by atoms with van der Waals surface area (Å²) in [6.45, 7) is 0. The lowest BCUT2D eigenvalue weighted by Gasteiger charge is -2.31. The molecule has 1 aliphatic heterocycles. The molecule has 4 nitrogen and oxygen atoms in total. The summed E-state index contributed by atoms with van der Waals surface area (Å²) in [5, 5.41) is 7.27. The molecular formula is C22H20BrN3O. The predicted octanol–water partition coefficient (Wildman–Crippen LogP) is 5.10. The van der Waals surface area contributed by atoms with Crippen LogP contribution in [0.1, 0.15) is 17.3 Å². The van der Waals surface area contributed by atoms with E-state index in [-0.39, 0.29) is 6.17 Å². The molecule has 0 spiro atoms. The van der Waals surface area contributed by atoms with Crippen LogP contribution in [-0.4, -0.2) is 13.3 Å². The molecule has 0 saturated heterocycles. The average Bonchev–Trinajstić information content (AvgIpc) is 3.16. The smallest absolute Gasteiger partial charge is 0.153 e. The predicted molar refractivity (Wildman–Crippen MR) is 113 cm³/mol. The van der Waals surface area contributed by atoms with Crippen LogP contribution in [0.5, 0.6) is 5.75 Å². The SMILES string of the molecule is COc1ccc(C2N=CC(Nc3ccc(Br)cc3)(c3ccccc3)N2)cc1. The lowest BCUT2D eigenvalue weighted by Crippen LogP contribution is -2.47. The zero-order chi connectivity index (χ0) is 18.7. The van der Waals surface area contributed by atoms with Crippen LogP contribution in [0.2, 0.25) is 0 Å². The fourth-order valence-corrected chi connectivity index (χ4v) is 3.46. The Kier molecular flexibility index (Phi) is 4.97.